The molecule has 0 radical (unpaired) electrons. The summed E-state index contributed by atoms with van der Waals surface area (Å²) in [7, 11) is 0. The molecule has 0 atom stereocenters. The highest BCUT2D eigenvalue weighted by Gasteiger charge is 2.22. The van der Waals surface area contributed by atoms with Gasteiger partial charge in [-0.05, 0) is 89.0 Å². The normalized spacial score (nSPS) is 12.3. The summed E-state index contributed by atoms with van der Waals surface area (Å²) in [6, 6.07) is 68.8. The standard InChI is InChI=1S/C53H31N3/c1-3-13-32(14-4-1)46-30-37(31-47(54-46)33-15-5-2-6-16-33)36-28-44-40-19-9-12-22-50(40)56-51-24-23-34(25-41(51)45(29-36)53(44)56)35-26-42-38-17-7-10-20-48(38)55-49-21-11-8-18-39(49)43(27-35)52(42)55/h1-31H. The molecule has 13 aromatic rings. The maximum Gasteiger partial charge on any atom is 0.0715 e. The van der Waals surface area contributed by atoms with Crippen molar-refractivity contribution in [3.63, 3.8) is 0 Å². The minimum atomic E-state index is 0.968. The first-order valence-electron chi connectivity index (χ1n) is 19.3. The third-order valence-electron chi connectivity index (χ3n) is 12.1. The summed E-state index contributed by atoms with van der Waals surface area (Å²) in [5, 5.41) is 10.2. The monoisotopic (exact) mass is 709 g/mol. The van der Waals surface area contributed by atoms with Gasteiger partial charge in [0.25, 0.3) is 0 Å². The summed E-state index contributed by atoms with van der Waals surface area (Å²) >= 11 is 0. The van der Waals surface area contributed by atoms with Crippen molar-refractivity contribution in [3.05, 3.63) is 188 Å². The Morgan fingerprint density at radius 2 is 0.607 bits per heavy atom. The fourth-order valence-corrected chi connectivity index (χ4v) is 9.67. The Morgan fingerprint density at radius 1 is 0.250 bits per heavy atom. The molecule has 8 aromatic carbocycles. The van der Waals surface area contributed by atoms with Crippen LogP contribution in [0.1, 0.15) is 0 Å². The third-order valence-corrected chi connectivity index (χ3v) is 12.1. The molecule has 13 rings (SSSR count). The molecule has 5 aromatic heterocycles. The lowest BCUT2D eigenvalue weighted by Gasteiger charge is -2.11. The van der Waals surface area contributed by atoms with Crippen molar-refractivity contribution in [3.8, 4) is 44.8 Å². The molecule has 3 nitrogen and oxygen atoms in total. The van der Waals surface area contributed by atoms with Gasteiger partial charge in [-0.1, -0.05) is 121 Å². The van der Waals surface area contributed by atoms with Gasteiger partial charge in [-0.3, -0.25) is 0 Å². The summed E-state index contributed by atoms with van der Waals surface area (Å²) in [6.45, 7) is 0. The van der Waals surface area contributed by atoms with Crippen molar-refractivity contribution in [1.29, 1.82) is 0 Å². The molecular weight excluding hydrogens is 679 g/mol. The van der Waals surface area contributed by atoms with Gasteiger partial charge in [0.2, 0.25) is 0 Å². The van der Waals surface area contributed by atoms with Crippen molar-refractivity contribution in [2.24, 2.45) is 0 Å². The number of fused-ring (bicyclic) bond motifs is 12. The number of para-hydroxylation sites is 3. The Labute approximate surface area is 321 Å². The van der Waals surface area contributed by atoms with Gasteiger partial charge in [-0.15, -0.1) is 0 Å². The first-order valence-corrected chi connectivity index (χ1v) is 19.3. The summed E-state index contributed by atoms with van der Waals surface area (Å²) in [5.74, 6) is 0. The van der Waals surface area contributed by atoms with E-state index in [4.69, 9.17) is 4.98 Å². The van der Waals surface area contributed by atoms with E-state index in [1.54, 1.807) is 0 Å². The second kappa shape index (κ2) is 11.0. The molecule has 0 bridgehead atoms. The van der Waals surface area contributed by atoms with Crippen LogP contribution in [0.25, 0.3) is 121 Å². The fourth-order valence-electron chi connectivity index (χ4n) is 9.67. The van der Waals surface area contributed by atoms with Crippen molar-refractivity contribution < 1.29 is 0 Å². The van der Waals surface area contributed by atoms with Crippen molar-refractivity contribution in [1.82, 2.24) is 13.8 Å². The molecule has 0 saturated carbocycles. The van der Waals surface area contributed by atoms with Crippen LogP contribution in [-0.4, -0.2) is 13.8 Å². The SMILES string of the molecule is c1ccc(-c2cc(-c3cc4c5ccccc5n5c6ccc(-c7cc8c9ccccc9n9c%10ccccc%10c(c7)c89)cc6c(c3)c45)cc(-c3ccccc3)n2)cc1. The molecule has 0 unspecified atom stereocenters. The van der Waals surface area contributed by atoms with E-state index < -0.39 is 0 Å². The number of rotatable bonds is 4. The van der Waals surface area contributed by atoms with Gasteiger partial charge < -0.3 is 8.80 Å². The zero-order chi connectivity index (χ0) is 36.5. The number of hydrogen-bond acceptors (Lipinski definition) is 1. The number of benzene rings is 8. The Bertz CT molecular complexity index is 3540. The van der Waals surface area contributed by atoms with Crippen LogP contribution in [0.15, 0.2) is 188 Å². The summed E-state index contributed by atoms with van der Waals surface area (Å²) in [4.78, 5) is 5.20. The highest BCUT2D eigenvalue weighted by atomic mass is 14.9. The molecular formula is C53H31N3. The first kappa shape index (κ1) is 29.9. The van der Waals surface area contributed by atoms with Gasteiger partial charge in [0, 0.05) is 54.2 Å². The Kier molecular flexibility index (Phi) is 5.89. The van der Waals surface area contributed by atoms with Crippen molar-refractivity contribution >= 4 is 76.2 Å². The van der Waals surface area contributed by atoms with E-state index in [9.17, 15) is 0 Å². The highest BCUT2D eigenvalue weighted by Crippen LogP contribution is 2.45. The molecule has 5 heterocycles. The molecule has 56 heavy (non-hydrogen) atoms. The third kappa shape index (κ3) is 4.04. The first-order chi connectivity index (χ1) is 27.8. The molecule has 0 N–H and O–H groups in total. The largest absolute Gasteiger partial charge is 0.308 e. The number of hydrogen-bond donors (Lipinski definition) is 0. The van der Waals surface area contributed by atoms with E-state index >= 15 is 0 Å². The van der Waals surface area contributed by atoms with E-state index in [2.05, 4.69) is 197 Å². The van der Waals surface area contributed by atoms with Gasteiger partial charge in [0.05, 0.1) is 44.5 Å². The number of nitrogens with zero attached hydrogens (tertiary/aromatic N) is 3. The van der Waals surface area contributed by atoms with Crippen LogP contribution in [0, 0.1) is 0 Å². The smallest absolute Gasteiger partial charge is 0.0715 e. The van der Waals surface area contributed by atoms with Gasteiger partial charge >= 0.3 is 0 Å². The molecule has 258 valence electrons. The summed E-state index contributed by atoms with van der Waals surface area (Å²) in [5.41, 5.74) is 16.5. The van der Waals surface area contributed by atoms with Crippen LogP contribution in [-0.2, 0) is 0 Å². The van der Waals surface area contributed by atoms with Crippen LogP contribution >= 0.6 is 0 Å². The minimum Gasteiger partial charge on any atom is -0.308 e. The average molecular weight is 710 g/mol. The van der Waals surface area contributed by atoms with Crippen LogP contribution in [0.3, 0.4) is 0 Å². The second-order valence-corrected chi connectivity index (χ2v) is 15.2. The zero-order valence-corrected chi connectivity index (χ0v) is 30.2. The van der Waals surface area contributed by atoms with Crippen LogP contribution in [0.2, 0.25) is 0 Å². The minimum absolute atomic E-state index is 0.968. The van der Waals surface area contributed by atoms with Crippen LogP contribution in [0.4, 0.5) is 0 Å². The van der Waals surface area contributed by atoms with Gasteiger partial charge in [0.1, 0.15) is 0 Å². The lowest BCUT2D eigenvalue weighted by atomic mass is 9.95. The molecule has 0 fully saturated rings. The van der Waals surface area contributed by atoms with E-state index in [1.807, 2.05) is 0 Å². The summed E-state index contributed by atoms with van der Waals surface area (Å²) < 4.78 is 4.93. The van der Waals surface area contributed by atoms with E-state index in [0.717, 1.165) is 28.1 Å². The topological polar surface area (TPSA) is 21.7 Å². The molecule has 0 saturated heterocycles. The van der Waals surface area contributed by atoms with Crippen LogP contribution < -0.4 is 0 Å². The maximum atomic E-state index is 5.20. The predicted molar refractivity (Wildman–Crippen MR) is 235 cm³/mol. The van der Waals surface area contributed by atoms with Crippen molar-refractivity contribution in [2.45, 2.75) is 0 Å². The molecule has 0 aliphatic heterocycles. The molecule has 0 aliphatic carbocycles. The maximum absolute atomic E-state index is 5.20. The number of aromatic nitrogens is 3. The highest BCUT2D eigenvalue weighted by molar-refractivity contribution is 6.26. The molecule has 0 aliphatic rings. The predicted octanol–water partition coefficient (Wildman–Crippen LogP) is 14.0. The van der Waals surface area contributed by atoms with E-state index in [0.29, 0.717) is 0 Å². The average Bonchev–Trinajstić information content (AvgIpc) is 4.00. The number of pyridine rings is 1. The van der Waals surface area contributed by atoms with Gasteiger partial charge in [-0.25, -0.2) is 4.98 Å². The zero-order valence-electron chi connectivity index (χ0n) is 30.2. The second-order valence-electron chi connectivity index (χ2n) is 15.2. The Hall–Kier alpha value is -7.49. The molecule has 0 amide bonds. The van der Waals surface area contributed by atoms with E-state index in [-0.39, 0.29) is 0 Å². The van der Waals surface area contributed by atoms with Crippen molar-refractivity contribution in [2.75, 3.05) is 0 Å². The molecule has 3 heteroatoms. The lowest BCUT2D eigenvalue weighted by molar-refractivity contribution is 1.32. The van der Waals surface area contributed by atoms with Gasteiger partial charge in [-0.2, -0.15) is 0 Å². The lowest BCUT2D eigenvalue weighted by Crippen LogP contribution is -1.91. The fraction of sp³-hybridized carbons (Fsp3) is 0. The Balaban J connectivity index is 1.09. The van der Waals surface area contributed by atoms with Gasteiger partial charge in [0.15, 0.2) is 0 Å². The van der Waals surface area contributed by atoms with E-state index in [1.165, 1.54) is 92.9 Å². The molecule has 0 spiro atoms. The quantitative estimate of drug-likeness (QED) is 0.178. The Morgan fingerprint density at radius 3 is 1.09 bits per heavy atom. The van der Waals surface area contributed by atoms with Crippen LogP contribution in [0.5, 0.6) is 0 Å². The summed E-state index contributed by atoms with van der Waals surface area (Å²) in [6.07, 6.45) is 0.